The second-order valence-electron chi connectivity index (χ2n) is 5.26. The minimum Gasteiger partial charge on any atom is -0.503 e. The summed E-state index contributed by atoms with van der Waals surface area (Å²) in [5.41, 5.74) is 1.05. The molecule has 1 aliphatic rings. The van der Waals surface area contributed by atoms with E-state index >= 15 is 0 Å². The highest BCUT2D eigenvalue weighted by atomic mass is 35.5. The maximum absolute atomic E-state index is 9.97. The zero-order chi connectivity index (χ0) is 15.5. The molecule has 1 aromatic carbocycles. The Balaban J connectivity index is 0.00000144. The molecule has 0 bridgehead atoms. The van der Waals surface area contributed by atoms with E-state index in [0.29, 0.717) is 10.8 Å². The summed E-state index contributed by atoms with van der Waals surface area (Å²) in [5, 5.41) is 15.8. The predicted molar refractivity (Wildman–Crippen MR) is 105 cm³/mol. The van der Waals surface area contributed by atoms with Crippen LogP contribution < -0.4 is 10.1 Å². The summed E-state index contributed by atoms with van der Waals surface area (Å²) in [6.45, 7) is 3.91. The van der Waals surface area contributed by atoms with Gasteiger partial charge in [0.25, 0.3) is 0 Å². The average Bonchev–Trinajstić information content (AvgIpc) is 3.06. The largest absolute Gasteiger partial charge is 0.503 e. The number of aromatic hydroxyl groups is 1. The first-order valence-corrected chi connectivity index (χ1v) is 8.51. The Morgan fingerprint density at radius 3 is 2.58 bits per heavy atom. The number of hydrogen-bond donors (Lipinski definition) is 2. The fourth-order valence-electron chi connectivity index (χ4n) is 2.85. The molecule has 2 N–H and O–H groups in total. The van der Waals surface area contributed by atoms with Crippen LogP contribution in [0.15, 0.2) is 29.6 Å². The Morgan fingerprint density at radius 2 is 2.00 bits per heavy atom. The predicted octanol–water partition coefficient (Wildman–Crippen LogP) is 3.95. The van der Waals surface area contributed by atoms with Crippen LogP contribution in [0, 0.1) is 0 Å². The Bertz CT molecular complexity index is 635. The lowest BCUT2D eigenvalue weighted by Crippen LogP contribution is -2.45. The minimum absolute atomic E-state index is 0. The van der Waals surface area contributed by atoms with Gasteiger partial charge < -0.3 is 15.2 Å². The molecule has 0 unspecified atom stereocenters. The van der Waals surface area contributed by atoms with E-state index in [-0.39, 0.29) is 36.6 Å². The van der Waals surface area contributed by atoms with Crippen molar-refractivity contribution < 1.29 is 9.84 Å². The Labute approximate surface area is 163 Å². The smallest absolute Gasteiger partial charge is 0.176 e. The third kappa shape index (κ3) is 4.48. The maximum Gasteiger partial charge on any atom is 0.176 e. The number of rotatable bonds is 4. The summed E-state index contributed by atoms with van der Waals surface area (Å²) in [6, 6.07) is 8.06. The van der Waals surface area contributed by atoms with Gasteiger partial charge in [-0.1, -0.05) is 17.7 Å². The number of nitrogens with zero attached hydrogens (tertiary/aromatic N) is 1. The van der Waals surface area contributed by atoms with Crippen LogP contribution in [0.5, 0.6) is 11.5 Å². The normalized spacial score (nSPS) is 15.9. The minimum atomic E-state index is -0.00171. The molecule has 0 aliphatic carbocycles. The van der Waals surface area contributed by atoms with E-state index in [2.05, 4.69) is 27.7 Å². The first kappa shape index (κ1) is 21.4. The molecule has 1 aromatic heterocycles. The van der Waals surface area contributed by atoms with Gasteiger partial charge in [0.15, 0.2) is 11.5 Å². The standard InChI is InChI=1S/C16H19ClN2O2S.2ClH/c1-21-13-10-11(9-12(17)16(13)20)15(14-3-2-8-22-14)19-6-4-18-5-7-19;;/h2-3,8-10,15,18,20H,4-7H2,1H3;2*1H/t15-;;/m0../s1. The number of nitrogens with one attached hydrogen (secondary N) is 1. The van der Waals surface area contributed by atoms with Crippen molar-refractivity contribution in [1.82, 2.24) is 10.2 Å². The third-order valence-corrected chi connectivity index (χ3v) is 5.13. The summed E-state index contributed by atoms with van der Waals surface area (Å²) in [5.74, 6) is 0.414. The van der Waals surface area contributed by atoms with Crippen LogP contribution in [0.1, 0.15) is 16.5 Å². The number of benzene rings is 1. The van der Waals surface area contributed by atoms with Crippen molar-refractivity contribution in [3.05, 3.63) is 45.1 Å². The highest BCUT2D eigenvalue weighted by molar-refractivity contribution is 7.10. The van der Waals surface area contributed by atoms with Crippen LogP contribution in [0.25, 0.3) is 0 Å². The maximum atomic E-state index is 9.97. The number of piperazine rings is 1. The van der Waals surface area contributed by atoms with E-state index < -0.39 is 0 Å². The van der Waals surface area contributed by atoms with Crippen LogP contribution in [-0.4, -0.2) is 43.3 Å². The van der Waals surface area contributed by atoms with E-state index in [9.17, 15) is 5.11 Å². The summed E-state index contributed by atoms with van der Waals surface area (Å²) >= 11 is 7.92. The van der Waals surface area contributed by atoms with E-state index in [1.165, 1.54) is 4.88 Å². The molecule has 2 heterocycles. The van der Waals surface area contributed by atoms with Crippen molar-refractivity contribution in [2.45, 2.75) is 6.04 Å². The fraction of sp³-hybridized carbons (Fsp3) is 0.375. The summed E-state index contributed by atoms with van der Waals surface area (Å²) in [4.78, 5) is 3.70. The van der Waals surface area contributed by atoms with Crippen LogP contribution in [0.2, 0.25) is 5.02 Å². The van der Waals surface area contributed by atoms with E-state index in [1.807, 2.05) is 12.1 Å². The SMILES string of the molecule is COc1cc([C@@H](c2cccs2)N2CCNCC2)cc(Cl)c1O.Cl.Cl. The van der Waals surface area contributed by atoms with Gasteiger partial charge >= 0.3 is 0 Å². The number of thiophene rings is 1. The Kier molecular flexibility index (Phi) is 8.63. The van der Waals surface area contributed by atoms with Crippen LogP contribution in [0.3, 0.4) is 0 Å². The number of phenols is 1. The number of phenolic OH excluding ortho intramolecular Hbond substituents is 1. The van der Waals surface area contributed by atoms with Gasteiger partial charge in [0.05, 0.1) is 18.2 Å². The van der Waals surface area contributed by atoms with Crippen molar-refractivity contribution >= 4 is 47.8 Å². The molecular formula is C16H21Cl3N2O2S. The second-order valence-corrected chi connectivity index (χ2v) is 6.64. The van der Waals surface area contributed by atoms with Crippen LogP contribution in [0.4, 0.5) is 0 Å². The topological polar surface area (TPSA) is 44.7 Å². The number of methoxy groups -OCH3 is 1. The first-order chi connectivity index (χ1) is 10.7. The molecule has 8 heteroatoms. The van der Waals surface area contributed by atoms with Crippen molar-refractivity contribution in [2.24, 2.45) is 0 Å². The van der Waals surface area contributed by atoms with Crippen molar-refractivity contribution in [3.63, 3.8) is 0 Å². The van der Waals surface area contributed by atoms with Gasteiger partial charge in [-0.3, -0.25) is 4.90 Å². The van der Waals surface area contributed by atoms with Gasteiger partial charge in [-0.2, -0.15) is 0 Å². The highest BCUT2D eigenvalue weighted by Crippen LogP contribution is 2.40. The Hall–Kier alpha value is -0.690. The second kappa shape index (κ2) is 9.70. The van der Waals surface area contributed by atoms with E-state index in [4.69, 9.17) is 16.3 Å². The molecule has 1 fully saturated rings. The first-order valence-electron chi connectivity index (χ1n) is 7.25. The summed E-state index contributed by atoms with van der Waals surface area (Å²) in [7, 11) is 1.54. The number of hydrogen-bond acceptors (Lipinski definition) is 5. The molecule has 2 aromatic rings. The van der Waals surface area contributed by atoms with Gasteiger partial charge in [0, 0.05) is 31.1 Å². The van der Waals surface area contributed by atoms with E-state index in [0.717, 1.165) is 31.7 Å². The lowest BCUT2D eigenvalue weighted by Gasteiger charge is -2.35. The molecule has 0 spiro atoms. The van der Waals surface area contributed by atoms with Gasteiger partial charge in [0.1, 0.15) is 0 Å². The van der Waals surface area contributed by atoms with Gasteiger partial charge in [-0.15, -0.1) is 36.2 Å². The van der Waals surface area contributed by atoms with E-state index in [1.54, 1.807) is 18.4 Å². The molecule has 134 valence electrons. The van der Waals surface area contributed by atoms with Crippen molar-refractivity contribution in [3.8, 4) is 11.5 Å². The van der Waals surface area contributed by atoms with Crippen molar-refractivity contribution in [1.29, 1.82) is 0 Å². The van der Waals surface area contributed by atoms with Gasteiger partial charge in [0.2, 0.25) is 0 Å². The molecule has 3 rings (SSSR count). The lowest BCUT2D eigenvalue weighted by molar-refractivity contribution is 0.200. The fourth-order valence-corrected chi connectivity index (χ4v) is 3.95. The van der Waals surface area contributed by atoms with Gasteiger partial charge in [-0.05, 0) is 29.1 Å². The number of ether oxygens (including phenoxy) is 1. The molecule has 1 saturated heterocycles. The molecular weight excluding hydrogens is 391 g/mol. The molecule has 0 amide bonds. The third-order valence-electron chi connectivity index (χ3n) is 3.92. The zero-order valence-electron chi connectivity index (χ0n) is 13.2. The summed E-state index contributed by atoms with van der Waals surface area (Å²) in [6.07, 6.45) is 0. The Morgan fingerprint density at radius 1 is 1.29 bits per heavy atom. The van der Waals surface area contributed by atoms with Gasteiger partial charge in [-0.25, -0.2) is 0 Å². The zero-order valence-corrected chi connectivity index (χ0v) is 16.4. The molecule has 24 heavy (non-hydrogen) atoms. The number of halogens is 3. The molecule has 1 aliphatic heterocycles. The van der Waals surface area contributed by atoms with Crippen molar-refractivity contribution in [2.75, 3.05) is 33.3 Å². The molecule has 0 radical (unpaired) electrons. The quantitative estimate of drug-likeness (QED) is 0.799. The van der Waals surface area contributed by atoms with Crippen LogP contribution >= 0.6 is 47.8 Å². The summed E-state index contributed by atoms with van der Waals surface area (Å²) < 4.78 is 5.26. The molecule has 1 atom stereocenters. The molecule has 0 saturated carbocycles. The average molecular weight is 412 g/mol. The van der Waals surface area contributed by atoms with Crippen LogP contribution in [-0.2, 0) is 0 Å². The monoisotopic (exact) mass is 410 g/mol. The highest BCUT2D eigenvalue weighted by Gasteiger charge is 2.26. The molecule has 4 nitrogen and oxygen atoms in total. The lowest BCUT2D eigenvalue weighted by atomic mass is 10.0.